The number of aromatic hydroxyl groups is 1. The van der Waals surface area contributed by atoms with Gasteiger partial charge in [0.2, 0.25) is 0 Å². The number of carbonyl (C=O) groups excluding carboxylic acids is 1. The monoisotopic (exact) mass is 362 g/mol. The van der Waals surface area contributed by atoms with Crippen molar-refractivity contribution < 1.29 is 24.9 Å². The molecule has 1 aromatic carbocycles. The average Bonchev–Trinajstić information content (AvgIpc) is 2.62. The van der Waals surface area contributed by atoms with Crippen LogP contribution in [0.1, 0.15) is 45.1 Å². The molecule has 0 heterocycles. The Morgan fingerprint density at radius 3 is 2.50 bits per heavy atom. The van der Waals surface area contributed by atoms with Gasteiger partial charge in [-0.25, -0.2) is 4.79 Å². The van der Waals surface area contributed by atoms with E-state index in [0.717, 1.165) is 24.0 Å². The largest absolute Gasteiger partial charge is 0.507 e. The van der Waals surface area contributed by atoms with E-state index in [2.05, 4.69) is 13.5 Å². The molecule has 0 aliphatic heterocycles. The zero-order valence-electron chi connectivity index (χ0n) is 15.6. The molecule has 0 aromatic heterocycles. The van der Waals surface area contributed by atoms with E-state index in [1.165, 1.54) is 6.08 Å². The minimum absolute atomic E-state index is 0.166. The van der Waals surface area contributed by atoms with Gasteiger partial charge in [0.05, 0.1) is 12.7 Å². The van der Waals surface area contributed by atoms with Gasteiger partial charge in [0.1, 0.15) is 5.75 Å². The molecule has 5 heteroatoms. The van der Waals surface area contributed by atoms with E-state index in [0.29, 0.717) is 12.8 Å². The van der Waals surface area contributed by atoms with Crippen LogP contribution in [0.3, 0.4) is 0 Å². The van der Waals surface area contributed by atoms with Gasteiger partial charge in [-0.2, -0.15) is 0 Å². The van der Waals surface area contributed by atoms with Crippen molar-refractivity contribution in [1.82, 2.24) is 0 Å². The maximum atomic E-state index is 11.7. The van der Waals surface area contributed by atoms with E-state index in [9.17, 15) is 20.1 Å². The Bertz CT molecular complexity index is 608. The summed E-state index contributed by atoms with van der Waals surface area (Å²) in [4.78, 5) is 11.7. The molecule has 0 saturated carbocycles. The molecule has 3 atom stereocenters. The Morgan fingerprint density at radius 2 is 1.92 bits per heavy atom. The number of allylic oxidation sites excluding steroid dienone is 1. The maximum absolute atomic E-state index is 11.7. The number of hydrogen-bond donors (Lipinski definition) is 3. The zero-order valence-corrected chi connectivity index (χ0v) is 15.6. The minimum Gasteiger partial charge on any atom is -0.507 e. The van der Waals surface area contributed by atoms with Crippen molar-refractivity contribution in [3.05, 3.63) is 48.1 Å². The highest BCUT2D eigenvalue weighted by Gasteiger charge is 2.30. The van der Waals surface area contributed by atoms with Crippen LogP contribution >= 0.6 is 0 Å². The molecule has 26 heavy (non-hydrogen) atoms. The Kier molecular flexibility index (Phi) is 9.70. The molecule has 0 saturated heterocycles. The Morgan fingerprint density at radius 1 is 1.23 bits per heavy atom. The molecule has 0 aliphatic carbocycles. The second-order valence-corrected chi connectivity index (χ2v) is 6.23. The van der Waals surface area contributed by atoms with Gasteiger partial charge in [0, 0.05) is 11.5 Å². The number of rotatable bonds is 11. The van der Waals surface area contributed by atoms with Crippen LogP contribution in [0.2, 0.25) is 0 Å². The minimum atomic E-state index is -1.43. The molecule has 5 nitrogen and oxygen atoms in total. The molecule has 1 aromatic rings. The fraction of sp³-hybridized carbons (Fsp3) is 0.476. The lowest BCUT2D eigenvalue weighted by Crippen LogP contribution is -2.37. The number of ether oxygens (including phenoxy) is 1. The second-order valence-electron chi connectivity index (χ2n) is 6.23. The number of aliphatic hydroxyl groups is 2. The van der Waals surface area contributed by atoms with E-state index in [1.54, 1.807) is 19.1 Å². The summed E-state index contributed by atoms with van der Waals surface area (Å²) in [5.74, 6) is -1.33. The van der Waals surface area contributed by atoms with Crippen LogP contribution in [-0.2, 0) is 9.53 Å². The lowest BCUT2D eigenvalue weighted by molar-refractivity contribution is -0.157. The van der Waals surface area contributed by atoms with Crippen molar-refractivity contribution in [3.8, 4) is 5.75 Å². The van der Waals surface area contributed by atoms with Gasteiger partial charge in [-0.3, -0.25) is 0 Å². The van der Waals surface area contributed by atoms with E-state index in [-0.39, 0.29) is 12.4 Å². The molecular weight excluding hydrogens is 332 g/mol. The lowest BCUT2D eigenvalue weighted by Gasteiger charge is -2.24. The van der Waals surface area contributed by atoms with Crippen LogP contribution in [0.15, 0.2) is 42.5 Å². The van der Waals surface area contributed by atoms with Crippen LogP contribution in [0.25, 0.3) is 6.08 Å². The van der Waals surface area contributed by atoms with Crippen LogP contribution < -0.4 is 0 Å². The number of para-hydroxylation sites is 1. The summed E-state index contributed by atoms with van der Waals surface area (Å²) in [6.45, 7) is 7.50. The molecule has 144 valence electrons. The first kappa shape index (κ1) is 21.9. The first-order chi connectivity index (χ1) is 12.4. The van der Waals surface area contributed by atoms with Crippen LogP contribution in [0.5, 0.6) is 5.75 Å². The smallest absolute Gasteiger partial charge is 0.335 e. The quantitative estimate of drug-likeness (QED) is 0.415. The molecular formula is C21H30O5. The first-order valence-electron chi connectivity index (χ1n) is 9.07. The summed E-state index contributed by atoms with van der Waals surface area (Å²) < 4.78 is 4.81. The fourth-order valence-corrected chi connectivity index (χ4v) is 2.83. The molecule has 3 N–H and O–H groups in total. The number of hydrogen-bond acceptors (Lipinski definition) is 5. The third-order valence-corrected chi connectivity index (χ3v) is 4.24. The van der Waals surface area contributed by atoms with Gasteiger partial charge in [-0.15, -0.1) is 6.58 Å². The predicted molar refractivity (Wildman–Crippen MR) is 103 cm³/mol. The van der Waals surface area contributed by atoms with E-state index in [4.69, 9.17) is 4.74 Å². The van der Waals surface area contributed by atoms with Gasteiger partial charge in [0.25, 0.3) is 0 Å². The highest BCUT2D eigenvalue weighted by molar-refractivity contribution is 5.75. The number of phenolic OH excluding ortho intramolecular Hbond substituents is 1. The average molecular weight is 362 g/mol. The molecule has 0 amide bonds. The third-order valence-electron chi connectivity index (χ3n) is 4.24. The van der Waals surface area contributed by atoms with Crippen molar-refractivity contribution in [2.45, 2.75) is 51.7 Å². The summed E-state index contributed by atoms with van der Waals surface area (Å²) in [5, 5.41) is 30.4. The van der Waals surface area contributed by atoms with Crippen molar-refractivity contribution in [1.29, 1.82) is 0 Å². The number of esters is 1. The summed E-state index contributed by atoms with van der Waals surface area (Å²) in [6.07, 6.45) is 3.69. The van der Waals surface area contributed by atoms with E-state index in [1.807, 2.05) is 18.2 Å². The second kappa shape index (κ2) is 11.5. The topological polar surface area (TPSA) is 87.0 Å². The summed E-state index contributed by atoms with van der Waals surface area (Å²) in [5.41, 5.74) is 1.82. The van der Waals surface area contributed by atoms with Crippen LogP contribution in [0, 0.1) is 5.92 Å². The molecule has 0 unspecified atom stereocenters. The van der Waals surface area contributed by atoms with Crippen LogP contribution in [-0.4, -0.2) is 40.1 Å². The number of aliphatic hydroxyl groups excluding tert-OH is 2. The Hall–Kier alpha value is -2.11. The van der Waals surface area contributed by atoms with Crippen molar-refractivity contribution >= 4 is 12.0 Å². The van der Waals surface area contributed by atoms with Gasteiger partial charge >= 0.3 is 5.97 Å². The highest BCUT2D eigenvalue weighted by atomic mass is 16.5. The summed E-state index contributed by atoms with van der Waals surface area (Å²) in [6, 6.07) is 7.08. The van der Waals surface area contributed by atoms with Gasteiger partial charge in [-0.1, -0.05) is 49.3 Å². The maximum Gasteiger partial charge on any atom is 0.335 e. The Labute approximate surface area is 155 Å². The van der Waals surface area contributed by atoms with Crippen molar-refractivity contribution in [2.24, 2.45) is 5.92 Å². The number of carbonyl (C=O) groups is 1. The molecule has 0 radical (unpaired) electrons. The van der Waals surface area contributed by atoms with E-state index < -0.39 is 24.1 Å². The predicted octanol–water partition coefficient (Wildman–Crippen LogP) is 3.44. The Balaban J connectivity index is 2.79. The van der Waals surface area contributed by atoms with Crippen LogP contribution in [0.4, 0.5) is 0 Å². The fourth-order valence-electron chi connectivity index (χ4n) is 2.83. The van der Waals surface area contributed by atoms with Gasteiger partial charge in [0.15, 0.2) is 6.10 Å². The molecule has 0 bridgehead atoms. The standard InChI is InChI=1S/C21H30O5/c1-4-9-15(14-16-10-7-8-11-18(16)22)12-13-19(23)17(5-2)20(24)21(25)26-6-3/h5,7-8,10-11,14,17,19-20,22-24H,2,4,6,9,12-13H2,1,3H3/b15-14+/t17-,19-,20+/m1/s1. The van der Waals surface area contributed by atoms with Gasteiger partial charge < -0.3 is 20.1 Å². The molecule has 0 fully saturated rings. The number of phenols is 1. The number of benzene rings is 1. The molecule has 1 rings (SSSR count). The lowest BCUT2D eigenvalue weighted by atomic mass is 9.90. The highest BCUT2D eigenvalue weighted by Crippen LogP contribution is 2.25. The van der Waals surface area contributed by atoms with Crippen molar-refractivity contribution in [3.63, 3.8) is 0 Å². The first-order valence-corrected chi connectivity index (χ1v) is 9.07. The summed E-state index contributed by atoms with van der Waals surface area (Å²) in [7, 11) is 0. The van der Waals surface area contributed by atoms with Gasteiger partial charge in [-0.05, 0) is 32.3 Å². The van der Waals surface area contributed by atoms with E-state index >= 15 is 0 Å². The SMILES string of the molecule is C=C[C@H]([C@H](O)CC/C(=C/c1ccccc1O)CCC)[C@H](O)C(=O)OCC. The molecule has 0 spiro atoms. The third kappa shape index (κ3) is 6.65. The molecule has 0 aliphatic rings. The van der Waals surface area contributed by atoms with Crippen molar-refractivity contribution in [2.75, 3.05) is 6.61 Å². The normalized spacial score (nSPS) is 15.2. The zero-order chi connectivity index (χ0) is 19.5. The summed E-state index contributed by atoms with van der Waals surface area (Å²) >= 11 is 0.